The molecule has 6 heteroatoms. The number of hydrogen-bond donors (Lipinski definition) is 1. The predicted molar refractivity (Wildman–Crippen MR) is 42.7 cm³/mol. The molecular formula is C7H4FN3O2. The van der Waals surface area contributed by atoms with E-state index < -0.39 is 10.9 Å². The highest BCUT2D eigenvalue weighted by Crippen LogP contribution is 2.25. The third-order valence-corrected chi connectivity index (χ3v) is 1.71. The summed E-state index contributed by atoms with van der Waals surface area (Å²) in [6.45, 7) is 0. The van der Waals surface area contributed by atoms with Gasteiger partial charge in [-0.1, -0.05) is 6.07 Å². The van der Waals surface area contributed by atoms with Crippen molar-refractivity contribution in [2.45, 2.75) is 0 Å². The Morgan fingerprint density at radius 2 is 2.31 bits per heavy atom. The van der Waals surface area contributed by atoms with E-state index in [9.17, 15) is 14.5 Å². The number of aromatic amines is 1. The number of hydrogen-bond acceptors (Lipinski definition) is 3. The van der Waals surface area contributed by atoms with Gasteiger partial charge in [-0.3, -0.25) is 15.2 Å². The lowest BCUT2D eigenvalue weighted by molar-refractivity contribution is -0.383. The van der Waals surface area contributed by atoms with Crippen LogP contribution >= 0.6 is 0 Å². The summed E-state index contributed by atoms with van der Waals surface area (Å²) in [6.07, 6.45) is 0. The molecule has 13 heavy (non-hydrogen) atoms. The van der Waals surface area contributed by atoms with Gasteiger partial charge in [0.25, 0.3) is 5.69 Å². The number of nitrogens with one attached hydrogen (secondary N) is 1. The Kier molecular flexibility index (Phi) is 1.48. The minimum absolute atomic E-state index is 0.0764. The van der Waals surface area contributed by atoms with Crippen LogP contribution in [0.15, 0.2) is 18.2 Å². The molecule has 5 nitrogen and oxygen atoms in total. The van der Waals surface area contributed by atoms with Gasteiger partial charge in [0.15, 0.2) is 0 Å². The summed E-state index contributed by atoms with van der Waals surface area (Å²) in [5.41, 5.74) is -0.0181. The fourth-order valence-electron chi connectivity index (χ4n) is 1.16. The van der Waals surface area contributed by atoms with E-state index in [1.165, 1.54) is 18.2 Å². The van der Waals surface area contributed by atoms with E-state index in [0.717, 1.165) is 0 Å². The minimum atomic E-state index is -0.776. The Bertz CT molecular complexity index is 480. The van der Waals surface area contributed by atoms with Gasteiger partial charge in [0, 0.05) is 6.07 Å². The van der Waals surface area contributed by atoms with Crippen molar-refractivity contribution in [1.82, 2.24) is 10.2 Å². The number of aromatic nitrogens is 2. The van der Waals surface area contributed by atoms with Gasteiger partial charge in [-0.15, -0.1) is 0 Å². The number of rotatable bonds is 1. The van der Waals surface area contributed by atoms with Crippen molar-refractivity contribution in [1.29, 1.82) is 0 Å². The summed E-state index contributed by atoms with van der Waals surface area (Å²) in [5.74, 6) is -0.776. The lowest BCUT2D eigenvalue weighted by Gasteiger charge is -1.91. The van der Waals surface area contributed by atoms with Crippen LogP contribution in [0, 0.1) is 16.1 Å². The number of fused-ring (bicyclic) bond motifs is 1. The number of nitro benzene ring substituents is 1. The first kappa shape index (κ1) is 7.66. The Morgan fingerprint density at radius 1 is 1.54 bits per heavy atom. The molecule has 2 rings (SSSR count). The van der Waals surface area contributed by atoms with Gasteiger partial charge in [-0.05, 0) is 6.07 Å². The quantitative estimate of drug-likeness (QED) is 0.536. The molecular weight excluding hydrogens is 177 g/mol. The minimum Gasteiger partial charge on any atom is -0.258 e. The standard InChI is InChI=1S/C7H4FN3O2/c8-7-6-4(9-10-7)2-1-3-5(6)11(12)13/h1-3H,(H,9,10). The first-order chi connectivity index (χ1) is 6.20. The molecule has 0 saturated heterocycles. The molecule has 0 fully saturated rings. The number of benzene rings is 1. The number of non-ortho nitro benzene ring substituents is 1. The zero-order valence-corrected chi connectivity index (χ0v) is 6.32. The first-order valence-electron chi connectivity index (χ1n) is 3.47. The second-order valence-electron chi connectivity index (χ2n) is 2.47. The summed E-state index contributed by atoms with van der Waals surface area (Å²) in [6, 6.07) is 4.20. The monoisotopic (exact) mass is 181 g/mol. The van der Waals surface area contributed by atoms with Gasteiger partial charge in [-0.2, -0.15) is 9.49 Å². The maximum atomic E-state index is 12.9. The van der Waals surface area contributed by atoms with Crippen molar-refractivity contribution in [2.75, 3.05) is 0 Å². The molecule has 66 valence electrons. The van der Waals surface area contributed by atoms with Crippen molar-refractivity contribution >= 4 is 16.6 Å². The van der Waals surface area contributed by atoms with Crippen molar-refractivity contribution in [3.63, 3.8) is 0 Å². The summed E-state index contributed by atoms with van der Waals surface area (Å²) < 4.78 is 12.9. The van der Waals surface area contributed by atoms with Crippen LogP contribution in [-0.4, -0.2) is 15.1 Å². The summed E-state index contributed by atoms with van der Waals surface area (Å²) in [4.78, 5) is 9.82. The van der Waals surface area contributed by atoms with E-state index in [-0.39, 0.29) is 16.6 Å². The Hall–Kier alpha value is -1.98. The van der Waals surface area contributed by atoms with Crippen LogP contribution in [0.3, 0.4) is 0 Å². The lowest BCUT2D eigenvalue weighted by Crippen LogP contribution is -1.88. The molecule has 0 spiro atoms. The molecule has 0 amide bonds. The Balaban J connectivity index is 2.88. The smallest absolute Gasteiger partial charge is 0.258 e. The van der Waals surface area contributed by atoms with E-state index in [1.807, 2.05) is 0 Å². The van der Waals surface area contributed by atoms with Gasteiger partial charge >= 0.3 is 0 Å². The normalized spacial score (nSPS) is 10.5. The Morgan fingerprint density at radius 3 is 3.00 bits per heavy atom. The van der Waals surface area contributed by atoms with Crippen LogP contribution in [0.25, 0.3) is 10.9 Å². The molecule has 0 aliphatic carbocycles. The molecule has 1 heterocycles. The molecule has 2 aromatic rings. The topological polar surface area (TPSA) is 71.8 Å². The van der Waals surface area contributed by atoms with Gasteiger partial charge in [0.2, 0.25) is 5.95 Å². The summed E-state index contributed by atoms with van der Waals surface area (Å²) in [7, 11) is 0. The highest BCUT2D eigenvalue weighted by Gasteiger charge is 2.17. The predicted octanol–water partition coefficient (Wildman–Crippen LogP) is 1.61. The van der Waals surface area contributed by atoms with Crippen molar-refractivity contribution < 1.29 is 9.31 Å². The fraction of sp³-hybridized carbons (Fsp3) is 0. The third-order valence-electron chi connectivity index (χ3n) is 1.71. The number of H-pyrrole nitrogens is 1. The van der Waals surface area contributed by atoms with E-state index in [2.05, 4.69) is 10.2 Å². The van der Waals surface area contributed by atoms with Crippen molar-refractivity contribution in [3.05, 3.63) is 34.3 Å². The van der Waals surface area contributed by atoms with E-state index in [4.69, 9.17) is 0 Å². The second kappa shape index (κ2) is 2.51. The molecule has 0 radical (unpaired) electrons. The Labute approximate surface area is 71.3 Å². The molecule has 0 unspecified atom stereocenters. The van der Waals surface area contributed by atoms with Crippen molar-refractivity contribution in [3.8, 4) is 0 Å². The molecule has 0 aliphatic rings. The molecule has 0 atom stereocenters. The first-order valence-corrected chi connectivity index (χ1v) is 3.47. The zero-order valence-electron chi connectivity index (χ0n) is 6.32. The maximum Gasteiger partial charge on any atom is 0.283 e. The molecule has 1 aromatic heterocycles. The average molecular weight is 181 g/mol. The molecule has 0 aliphatic heterocycles. The van der Waals surface area contributed by atoms with Crippen LogP contribution in [0.4, 0.5) is 10.1 Å². The number of nitrogens with zero attached hydrogens (tertiary/aromatic N) is 2. The largest absolute Gasteiger partial charge is 0.283 e. The van der Waals surface area contributed by atoms with Gasteiger partial charge in [0.05, 0.1) is 4.92 Å². The molecule has 1 aromatic carbocycles. The highest BCUT2D eigenvalue weighted by atomic mass is 19.1. The zero-order chi connectivity index (χ0) is 9.42. The fourth-order valence-corrected chi connectivity index (χ4v) is 1.16. The molecule has 0 bridgehead atoms. The lowest BCUT2D eigenvalue weighted by atomic mass is 10.2. The van der Waals surface area contributed by atoms with Gasteiger partial charge in [0.1, 0.15) is 10.9 Å². The van der Waals surface area contributed by atoms with Crippen LogP contribution in [-0.2, 0) is 0 Å². The second-order valence-corrected chi connectivity index (χ2v) is 2.47. The number of halogens is 1. The van der Waals surface area contributed by atoms with Crippen LogP contribution in [0.2, 0.25) is 0 Å². The van der Waals surface area contributed by atoms with Crippen molar-refractivity contribution in [2.24, 2.45) is 0 Å². The van der Waals surface area contributed by atoms with Crippen LogP contribution in [0.5, 0.6) is 0 Å². The molecule has 0 saturated carbocycles. The van der Waals surface area contributed by atoms with E-state index >= 15 is 0 Å². The summed E-state index contributed by atoms with van der Waals surface area (Å²) in [5, 5.41) is 16.0. The van der Waals surface area contributed by atoms with E-state index in [1.54, 1.807) is 0 Å². The van der Waals surface area contributed by atoms with Crippen LogP contribution in [0.1, 0.15) is 0 Å². The van der Waals surface area contributed by atoms with Gasteiger partial charge < -0.3 is 0 Å². The van der Waals surface area contributed by atoms with E-state index in [0.29, 0.717) is 0 Å². The highest BCUT2D eigenvalue weighted by molar-refractivity contribution is 5.87. The summed E-state index contributed by atoms with van der Waals surface area (Å²) >= 11 is 0. The molecule has 1 N–H and O–H groups in total. The third kappa shape index (κ3) is 1.03. The van der Waals surface area contributed by atoms with Crippen LogP contribution < -0.4 is 0 Å². The average Bonchev–Trinajstić information content (AvgIpc) is 2.48. The van der Waals surface area contributed by atoms with Gasteiger partial charge in [-0.25, -0.2) is 0 Å². The SMILES string of the molecule is O=[N+]([O-])c1cccc2n[nH]c(F)c12. The number of nitro groups is 1. The maximum absolute atomic E-state index is 12.9.